The summed E-state index contributed by atoms with van der Waals surface area (Å²) in [5, 5.41) is 5.47. The van der Waals surface area contributed by atoms with Gasteiger partial charge in [0.15, 0.2) is 0 Å². The maximum absolute atomic E-state index is 11.1. The Labute approximate surface area is 92.1 Å². The predicted molar refractivity (Wildman–Crippen MR) is 61.9 cm³/mol. The van der Waals surface area contributed by atoms with Crippen LogP contribution < -0.4 is 10.6 Å². The molecule has 0 fully saturated rings. The third-order valence-corrected chi connectivity index (χ3v) is 1.70. The van der Waals surface area contributed by atoms with Gasteiger partial charge in [-0.2, -0.15) is 0 Å². The van der Waals surface area contributed by atoms with Gasteiger partial charge in [0.2, 0.25) is 0 Å². The maximum Gasteiger partial charge on any atom is 0.314 e. The van der Waals surface area contributed by atoms with E-state index >= 15 is 0 Å². The van der Waals surface area contributed by atoms with Crippen LogP contribution in [0.5, 0.6) is 0 Å². The van der Waals surface area contributed by atoms with E-state index < -0.39 is 0 Å². The van der Waals surface area contributed by atoms with E-state index in [0.717, 1.165) is 25.0 Å². The molecule has 0 radical (unpaired) electrons. The number of unbranched alkanes of at least 4 members (excludes halogenated alkanes) is 1. The second kappa shape index (κ2) is 9.52. The SMILES string of the molecule is C=C(C)COCCNC(=O)NCCCC. The highest BCUT2D eigenvalue weighted by Gasteiger charge is 1.97. The first-order chi connectivity index (χ1) is 7.16. The fourth-order valence-corrected chi connectivity index (χ4v) is 0.924. The fourth-order valence-electron chi connectivity index (χ4n) is 0.924. The Bertz CT molecular complexity index is 193. The van der Waals surface area contributed by atoms with Gasteiger partial charge >= 0.3 is 6.03 Å². The van der Waals surface area contributed by atoms with Gasteiger partial charge in [0.05, 0.1) is 13.2 Å². The van der Waals surface area contributed by atoms with Gasteiger partial charge in [-0.05, 0) is 13.3 Å². The highest BCUT2D eigenvalue weighted by Crippen LogP contribution is 1.86. The Balaban J connectivity index is 3.20. The lowest BCUT2D eigenvalue weighted by Crippen LogP contribution is -2.37. The quantitative estimate of drug-likeness (QED) is 0.477. The van der Waals surface area contributed by atoms with Crippen molar-refractivity contribution in [2.75, 3.05) is 26.3 Å². The van der Waals surface area contributed by atoms with E-state index in [9.17, 15) is 4.79 Å². The number of hydrogen-bond acceptors (Lipinski definition) is 2. The summed E-state index contributed by atoms with van der Waals surface area (Å²) < 4.78 is 5.23. The fraction of sp³-hybridized carbons (Fsp3) is 0.727. The van der Waals surface area contributed by atoms with Crippen molar-refractivity contribution >= 4 is 6.03 Å². The predicted octanol–water partition coefficient (Wildman–Crippen LogP) is 1.68. The molecule has 0 aromatic heterocycles. The molecule has 0 aromatic rings. The summed E-state index contributed by atoms with van der Waals surface area (Å²) in [6.07, 6.45) is 2.10. The number of carbonyl (C=O) groups excluding carboxylic acids is 1. The Morgan fingerprint density at radius 3 is 2.60 bits per heavy atom. The van der Waals surface area contributed by atoms with E-state index in [1.54, 1.807) is 0 Å². The van der Waals surface area contributed by atoms with Crippen molar-refractivity contribution in [3.05, 3.63) is 12.2 Å². The zero-order chi connectivity index (χ0) is 11.5. The molecule has 0 saturated heterocycles. The second-order valence-electron chi connectivity index (χ2n) is 3.55. The van der Waals surface area contributed by atoms with Gasteiger partial charge in [0.25, 0.3) is 0 Å². The molecular weight excluding hydrogens is 192 g/mol. The molecule has 0 rings (SSSR count). The molecule has 2 N–H and O–H groups in total. The number of hydrogen-bond donors (Lipinski definition) is 2. The molecule has 0 unspecified atom stereocenters. The average Bonchev–Trinajstić information content (AvgIpc) is 2.17. The van der Waals surface area contributed by atoms with Crippen LogP contribution >= 0.6 is 0 Å². The highest BCUT2D eigenvalue weighted by molar-refractivity contribution is 5.73. The van der Waals surface area contributed by atoms with E-state index in [1.807, 2.05) is 6.92 Å². The van der Waals surface area contributed by atoms with Gasteiger partial charge in [0, 0.05) is 13.1 Å². The maximum atomic E-state index is 11.1. The minimum atomic E-state index is -0.123. The van der Waals surface area contributed by atoms with Crippen molar-refractivity contribution in [3.63, 3.8) is 0 Å². The molecule has 0 aliphatic rings. The highest BCUT2D eigenvalue weighted by atomic mass is 16.5. The lowest BCUT2D eigenvalue weighted by Gasteiger charge is -2.07. The zero-order valence-electron chi connectivity index (χ0n) is 9.77. The summed E-state index contributed by atoms with van der Waals surface area (Å²) in [4.78, 5) is 11.1. The second-order valence-corrected chi connectivity index (χ2v) is 3.55. The van der Waals surface area contributed by atoms with Crippen molar-refractivity contribution in [3.8, 4) is 0 Å². The average molecular weight is 214 g/mol. The number of carbonyl (C=O) groups is 1. The van der Waals surface area contributed by atoms with Gasteiger partial charge < -0.3 is 15.4 Å². The number of rotatable bonds is 8. The first kappa shape index (κ1) is 14.0. The first-order valence-electron chi connectivity index (χ1n) is 5.40. The molecule has 0 bridgehead atoms. The number of ether oxygens (including phenoxy) is 1. The van der Waals surface area contributed by atoms with Crippen LogP contribution in [0.1, 0.15) is 26.7 Å². The van der Waals surface area contributed by atoms with Crippen molar-refractivity contribution in [1.82, 2.24) is 10.6 Å². The van der Waals surface area contributed by atoms with Crippen LogP contribution in [-0.2, 0) is 4.74 Å². The minimum absolute atomic E-state index is 0.123. The molecular formula is C11H22N2O2. The summed E-state index contributed by atoms with van der Waals surface area (Å²) in [5.41, 5.74) is 0.988. The summed E-state index contributed by atoms with van der Waals surface area (Å²) in [7, 11) is 0. The van der Waals surface area contributed by atoms with Crippen LogP contribution in [0.2, 0.25) is 0 Å². The van der Waals surface area contributed by atoms with Gasteiger partial charge in [-0.15, -0.1) is 0 Å². The Morgan fingerprint density at radius 1 is 1.33 bits per heavy atom. The summed E-state index contributed by atoms with van der Waals surface area (Å²) >= 11 is 0. The molecule has 4 heteroatoms. The topological polar surface area (TPSA) is 50.4 Å². The van der Waals surface area contributed by atoms with Crippen molar-refractivity contribution in [1.29, 1.82) is 0 Å². The molecule has 15 heavy (non-hydrogen) atoms. The third-order valence-electron chi connectivity index (χ3n) is 1.70. The summed E-state index contributed by atoms with van der Waals surface area (Å²) in [6, 6.07) is -0.123. The van der Waals surface area contributed by atoms with Gasteiger partial charge in [-0.25, -0.2) is 4.79 Å². The van der Waals surface area contributed by atoms with E-state index in [2.05, 4.69) is 24.1 Å². The van der Waals surface area contributed by atoms with Gasteiger partial charge in [-0.1, -0.05) is 25.5 Å². The Kier molecular flexibility index (Phi) is 8.87. The normalized spacial score (nSPS) is 9.73. The van der Waals surface area contributed by atoms with Crippen LogP contribution in [-0.4, -0.2) is 32.3 Å². The third kappa shape index (κ3) is 10.9. The Morgan fingerprint density at radius 2 is 2.00 bits per heavy atom. The molecule has 4 nitrogen and oxygen atoms in total. The molecule has 0 aliphatic heterocycles. The van der Waals surface area contributed by atoms with E-state index in [4.69, 9.17) is 4.74 Å². The summed E-state index contributed by atoms with van der Waals surface area (Å²) in [5.74, 6) is 0. The van der Waals surface area contributed by atoms with E-state index in [1.165, 1.54) is 0 Å². The van der Waals surface area contributed by atoms with Crippen LogP contribution in [0.4, 0.5) is 4.79 Å². The molecule has 0 saturated carbocycles. The molecule has 88 valence electrons. The molecule has 0 heterocycles. The molecule has 0 spiro atoms. The molecule has 0 atom stereocenters. The lowest BCUT2D eigenvalue weighted by molar-refractivity contribution is 0.158. The number of urea groups is 1. The molecule has 2 amide bonds. The van der Waals surface area contributed by atoms with Crippen molar-refractivity contribution in [2.45, 2.75) is 26.7 Å². The van der Waals surface area contributed by atoms with E-state index in [-0.39, 0.29) is 6.03 Å². The zero-order valence-corrected chi connectivity index (χ0v) is 9.77. The largest absolute Gasteiger partial charge is 0.375 e. The number of amides is 2. The lowest BCUT2D eigenvalue weighted by atomic mass is 10.3. The van der Waals surface area contributed by atoms with E-state index in [0.29, 0.717) is 19.8 Å². The molecule has 0 aromatic carbocycles. The van der Waals surface area contributed by atoms with Crippen LogP contribution in [0, 0.1) is 0 Å². The van der Waals surface area contributed by atoms with Crippen LogP contribution in [0.15, 0.2) is 12.2 Å². The van der Waals surface area contributed by atoms with Crippen LogP contribution in [0.25, 0.3) is 0 Å². The van der Waals surface area contributed by atoms with Gasteiger partial charge in [-0.3, -0.25) is 0 Å². The smallest absolute Gasteiger partial charge is 0.314 e. The molecule has 0 aliphatic carbocycles. The first-order valence-corrected chi connectivity index (χ1v) is 5.40. The van der Waals surface area contributed by atoms with Gasteiger partial charge in [0.1, 0.15) is 0 Å². The number of nitrogens with one attached hydrogen (secondary N) is 2. The minimum Gasteiger partial charge on any atom is -0.375 e. The standard InChI is InChI=1S/C11H22N2O2/c1-4-5-6-12-11(14)13-7-8-15-9-10(2)3/h2,4-9H2,1,3H3,(H2,12,13,14). The van der Waals surface area contributed by atoms with Crippen molar-refractivity contribution < 1.29 is 9.53 Å². The van der Waals surface area contributed by atoms with Crippen LogP contribution in [0.3, 0.4) is 0 Å². The summed E-state index contributed by atoms with van der Waals surface area (Å²) in [6.45, 7) is 10.0. The van der Waals surface area contributed by atoms with Crippen molar-refractivity contribution in [2.24, 2.45) is 0 Å². The monoisotopic (exact) mass is 214 g/mol. The Hall–Kier alpha value is -1.03.